The third kappa shape index (κ3) is 5.43. The quantitative estimate of drug-likeness (QED) is 0.719. The first-order valence-electron chi connectivity index (χ1n) is 9.05. The van der Waals surface area contributed by atoms with Gasteiger partial charge in [-0.15, -0.1) is 0 Å². The van der Waals surface area contributed by atoms with E-state index in [-0.39, 0.29) is 15.5 Å². The Labute approximate surface area is 165 Å². The average Bonchev–Trinajstić information content (AvgIpc) is 2.92. The molecule has 1 heterocycles. The molecule has 0 spiro atoms. The van der Waals surface area contributed by atoms with Crippen LogP contribution in [0.5, 0.6) is 0 Å². The molecular weight excluding hydrogens is 392 g/mol. The van der Waals surface area contributed by atoms with E-state index in [0.717, 1.165) is 25.7 Å². The van der Waals surface area contributed by atoms with E-state index >= 15 is 0 Å². The van der Waals surface area contributed by atoms with Gasteiger partial charge in [0.25, 0.3) is 5.91 Å². The zero-order valence-corrected chi connectivity index (χ0v) is 17.1. The van der Waals surface area contributed by atoms with Crippen LogP contribution in [0, 0.1) is 0 Å². The van der Waals surface area contributed by atoms with Gasteiger partial charge < -0.3 is 10.1 Å². The lowest BCUT2D eigenvalue weighted by molar-refractivity contribution is -0.128. The highest BCUT2D eigenvalue weighted by molar-refractivity contribution is 7.89. The summed E-state index contributed by atoms with van der Waals surface area (Å²) in [6, 6.07) is 3.96. The SMILES string of the molecule is CCNC(=O)[C@@H](C)OC(=O)c1ccc(Cl)c(S(=O)(=O)N2CCCCCC2)c1. The number of benzene rings is 1. The van der Waals surface area contributed by atoms with Crippen LogP contribution in [-0.2, 0) is 19.6 Å². The summed E-state index contributed by atoms with van der Waals surface area (Å²) < 4.78 is 32.5. The van der Waals surface area contributed by atoms with Crippen molar-refractivity contribution < 1.29 is 22.7 Å². The van der Waals surface area contributed by atoms with Gasteiger partial charge in [-0.2, -0.15) is 4.31 Å². The van der Waals surface area contributed by atoms with Gasteiger partial charge in [0.1, 0.15) is 4.90 Å². The van der Waals surface area contributed by atoms with Crippen molar-refractivity contribution in [3.63, 3.8) is 0 Å². The number of sulfonamides is 1. The zero-order chi connectivity index (χ0) is 20.0. The number of amides is 1. The Bertz CT molecular complexity index is 789. The van der Waals surface area contributed by atoms with E-state index in [0.29, 0.717) is 19.6 Å². The molecule has 7 nitrogen and oxygen atoms in total. The fourth-order valence-electron chi connectivity index (χ4n) is 2.85. The van der Waals surface area contributed by atoms with E-state index < -0.39 is 28.0 Å². The minimum atomic E-state index is -3.81. The largest absolute Gasteiger partial charge is 0.449 e. The molecule has 1 aliphatic heterocycles. The number of carbonyl (C=O) groups is 2. The lowest BCUT2D eigenvalue weighted by atomic mass is 10.2. The van der Waals surface area contributed by atoms with E-state index in [1.54, 1.807) is 6.92 Å². The summed E-state index contributed by atoms with van der Waals surface area (Å²) in [5.41, 5.74) is 0.0314. The maximum Gasteiger partial charge on any atom is 0.338 e. The number of nitrogens with one attached hydrogen (secondary N) is 1. The van der Waals surface area contributed by atoms with Crippen molar-refractivity contribution in [2.75, 3.05) is 19.6 Å². The molecule has 9 heteroatoms. The molecule has 1 aliphatic rings. The predicted molar refractivity (Wildman–Crippen MR) is 102 cm³/mol. The van der Waals surface area contributed by atoms with Gasteiger partial charge in [-0.1, -0.05) is 24.4 Å². The molecule has 150 valence electrons. The standard InChI is InChI=1S/C18H25ClN2O5S/c1-3-20-17(22)13(2)26-18(23)14-8-9-15(19)16(12-14)27(24,25)21-10-6-4-5-7-11-21/h8-9,12-13H,3-7,10-11H2,1-2H3,(H,20,22)/t13-/m1/s1. The highest BCUT2D eigenvalue weighted by Gasteiger charge is 2.29. The van der Waals surface area contributed by atoms with Gasteiger partial charge in [0.05, 0.1) is 10.6 Å². The molecule has 1 aromatic carbocycles. The number of likely N-dealkylation sites (N-methyl/N-ethyl adjacent to an activating group) is 1. The van der Waals surface area contributed by atoms with Crippen LogP contribution in [0.4, 0.5) is 0 Å². The molecule has 0 saturated carbocycles. The zero-order valence-electron chi connectivity index (χ0n) is 15.5. The Morgan fingerprint density at radius 2 is 1.85 bits per heavy atom. The molecule has 1 aromatic rings. The van der Waals surface area contributed by atoms with Gasteiger partial charge in [-0.25, -0.2) is 13.2 Å². The van der Waals surface area contributed by atoms with Gasteiger partial charge in [0.15, 0.2) is 6.10 Å². The summed E-state index contributed by atoms with van der Waals surface area (Å²) in [6.45, 7) is 4.49. The smallest absolute Gasteiger partial charge is 0.338 e. The van der Waals surface area contributed by atoms with Gasteiger partial charge in [-0.05, 0) is 44.9 Å². The first-order chi connectivity index (χ1) is 12.8. The van der Waals surface area contributed by atoms with Crippen molar-refractivity contribution in [3.8, 4) is 0 Å². The fraction of sp³-hybridized carbons (Fsp3) is 0.556. The van der Waals surface area contributed by atoms with Crippen molar-refractivity contribution in [2.45, 2.75) is 50.5 Å². The Balaban J connectivity index is 2.24. The maximum atomic E-state index is 13.0. The average molecular weight is 417 g/mol. The lowest BCUT2D eigenvalue weighted by Gasteiger charge is -2.21. The first kappa shape index (κ1) is 21.7. The van der Waals surface area contributed by atoms with E-state index in [1.807, 2.05) is 0 Å². The summed E-state index contributed by atoms with van der Waals surface area (Å²) in [5.74, 6) is -1.20. The summed E-state index contributed by atoms with van der Waals surface area (Å²) in [6.07, 6.45) is 2.58. The molecule has 1 saturated heterocycles. The van der Waals surface area contributed by atoms with Crippen LogP contribution in [0.3, 0.4) is 0 Å². The second-order valence-electron chi connectivity index (χ2n) is 6.41. The summed E-state index contributed by atoms with van der Waals surface area (Å²) in [4.78, 5) is 23.9. The van der Waals surface area contributed by atoms with Gasteiger partial charge in [0.2, 0.25) is 10.0 Å². The van der Waals surface area contributed by atoms with Crippen molar-refractivity contribution >= 4 is 33.5 Å². The van der Waals surface area contributed by atoms with Crippen molar-refractivity contribution in [2.24, 2.45) is 0 Å². The third-order valence-electron chi connectivity index (χ3n) is 4.35. The van der Waals surface area contributed by atoms with Crippen LogP contribution < -0.4 is 5.32 Å². The number of carbonyl (C=O) groups excluding carboxylic acids is 2. The van der Waals surface area contributed by atoms with Crippen LogP contribution in [-0.4, -0.2) is 50.3 Å². The van der Waals surface area contributed by atoms with Crippen molar-refractivity contribution in [1.82, 2.24) is 9.62 Å². The van der Waals surface area contributed by atoms with Gasteiger partial charge >= 0.3 is 5.97 Å². The minimum absolute atomic E-state index is 0.0314. The van der Waals surface area contributed by atoms with Crippen LogP contribution >= 0.6 is 11.6 Å². The number of rotatable bonds is 6. The highest BCUT2D eigenvalue weighted by atomic mass is 35.5. The number of nitrogens with zero attached hydrogens (tertiary/aromatic N) is 1. The number of hydrogen-bond donors (Lipinski definition) is 1. The van der Waals surface area contributed by atoms with E-state index in [1.165, 1.54) is 29.4 Å². The number of esters is 1. The Hall–Kier alpha value is -1.64. The maximum absolute atomic E-state index is 13.0. The molecule has 1 amide bonds. The van der Waals surface area contributed by atoms with Crippen molar-refractivity contribution in [1.29, 1.82) is 0 Å². The summed E-state index contributed by atoms with van der Waals surface area (Å²) >= 11 is 6.12. The molecule has 0 bridgehead atoms. The Morgan fingerprint density at radius 3 is 2.44 bits per heavy atom. The predicted octanol–water partition coefficient (Wildman–Crippen LogP) is 2.59. The molecule has 2 rings (SSSR count). The first-order valence-corrected chi connectivity index (χ1v) is 10.9. The molecule has 1 fully saturated rings. The van der Waals surface area contributed by atoms with Crippen LogP contribution in [0.15, 0.2) is 23.1 Å². The third-order valence-corrected chi connectivity index (χ3v) is 6.73. The van der Waals surface area contributed by atoms with Crippen LogP contribution in [0.1, 0.15) is 49.9 Å². The minimum Gasteiger partial charge on any atom is -0.449 e. The number of ether oxygens (including phenoxy) is 1. The summed E-state index contributed by atoms with van der Waals surface area (Å²) in [5, 5.41) is 2.60. The van der Waals surface area contributed by atoms with E-state index in [9.17, 15) is 18.0 Å². The second kappa shape index (κ2) is 9.52. The van der Waals surface area contributed by atoms with Gasteiger partial charge in [0, 0.05) is 19.6 Å². The molecule has 0 aliphatic carbocycles. The Morgan fingerprint density at radius 1 is 1.22 bits per heavy atom. The molecular formula is C18H25ClN2O5S. The number of halogens is 1. The summed E-state index contributed by atoms with van der Waals surface area (Å²) in [7, 11) is -3.81. The normalized spacial score (nSPS) is 17.0. The topological polar surface area (TPSA) is 92.8 Å². The second-order valence-corrected chi connectivity index (χ2v) is 8.72. The van der Waals surface area contributed by atoms with Crippen LogP contribution in [0.25, 0.3) is 0 Å². The molecule has 1 atom stereocenters. The van der Waals surface area contributed by atoms with Crippen LogP contribution in [0.2, 0.25) is 5.02 Å². The molecule has 0 aromatic heterocycles. The van der Waals surface area contributed by atoms with Gasteiger partial charge in [-0.3, -0.25) is 4.79 Å². The molecule has 27 heavy (non-hydrogen) atoms. The monoisotopic (exact) mass is 416 g/mol. The fourth-order valence-corrected chi connectivity index (χ4v) is 4.87. The van der Waals surface area contributed by atoms with E-state index in [2.05, 4.69) is 5.32 Å². The molecule has 1 N–H and O–H groups in total. The van der Waals surface area contributed by atoms with E-state index in [4.69, 9.17) is 16.3 Å². The molecule has 0 unspecified atom stereocenters. The molecule has 0 radical (unpaired) electrons. The number of hydrogen-bond acceptors (Lipinski definition) is 5. The lowest BCUT2D eigenvalue weighted by Crippen LogP contribution is -2.35. The Kier molecular flexibility index (Phi) is 7.64. The van der Waals surface area contributed by atoms with Crippen molar-refractivity contribution in [3.05, 3.63) is 28.8 Å². The highest BCUT2D eigenvalue weighted by Crippen LogP contribution is 2.28.